The van der Waals surface area contributed by atoms with Crippen molar-refractivity contribution in [3.63, 3.8) is 0 Å². The van der Waals surface area contributed by atoms with Crippen molar-refractivity contribution in [1.29, 1.82) is 0 Å². The average Bonchev–Trinajstić information content (AvgIpc) is 2.91. The molecule has 1 aromatic rings. The van der Waals surface area contributed by atoms with Gasteiger partial charge < -0.3 is 15.7 Å². The number of amides is 2. The number of thioether (sulfide) groups is 1. The fourth-order valence-corrected chi connectivity index (χ4v) is 3.66. The summed E-state index contributed by atoms with van der Waals surface area (Å²) in [6.45, 7) is 0.670. The van der Waals surface area contributed by atoms with Crippen LogP contribution in [0.1, 0.15) is 16.8 Å². The Morgan fingerprint density at radius 3 is 2.85 bits per heavy atom. The number of aromatic carboxylic acids is 1. The molecule has 0 aromatic heterocycles. The SMILES string of the molecule is O=C(NCC1CCSC1)Nc1ccc(C(=O)O)cc1Br. The van der Waals surface area contributed by atoms with Crippen LogP contribution in [0.25, 0.3) is 0 Å². The van der Waals surface area contributed by atoms with E-state index >= 15 is 0 Å². The minimum absolute atomic E-state index is 0.172. The van der Waals surface area contributed by atoms with Gasteiger partial charge >= 0.3 is 12.0 Å². The lowest BCUT2D eigenvalue weighted by atomic mass is 10.1. The first-order chi connectivity index (χ1) is 9.56. The van der Waals surface area contributed by atoms with Gasteiger partial charge in [-0.2, -0.15) is 11.8 Å². The molecule has 1 aliphatic rings. The van der Waals surface area contributed by atoms with E-state index in [0.717, 1.165) is 17.9 Å². The van der Waals surface area contributed by atoms with E-state index in [1.54, 1.807) is 6.07 Å². The number of rotatable bonds is 4. The van der Waals surface area contributed by atoms with Crippen LogP contribution in [0.4, 0.5) is 10.5 Å². The summed E-state index contributed by atoms with van der Waals surface area (Å²) in [6.07, 6.45) is 1.14. The highest BCUT2D eigenvalue weighted by Crippen LogP contribution is 2.24. The molecule has 1 heterocycles. The zero-order valence-corrected chi connectivity index (χ0v) is 13.1. The van der Waals surface area contributed by atoms with Crippen LogP contribution >= 0.6 is 27.7 Å². The van der Waals surface area contributed by atoms with Crippen molar-refractivity contribution < 1.29 is 14.7 Å². The van der Waals surface area contributed by atoms with E-state index < -0.39 is 5.97 Å². The molecule has 1 fully saturated rings. The number of anilines is 1. The number of carbonyl (C=O) groups is 2. The lowest BCUT2D eigenvalue weighted by Gasteiger charge is -2.12. The van der Waals surface area contributed by atoms with Crippen molar-refractivity contribution in [1.82, 2.24) is 5.32 Å². The molecule has 5 nitrogen and oxygen atoms in total. The molecule has 0 bridgehead atoms. The van der Waals surface area contributed by atoms with E-state index in [1.165, 1.54) is 12.1 Å². The number of nitrogens with one attached hydrogen (secondary N) is 2. The summed E-state index contributed by atoms with van der Waals surface area (Å²) in [5, 5.41) is 14.4. The van der Waals surface area contributed by atoms with Crippen LogP contribution in [-0.4, -0.2) is 35.2 Å². The van der Waals surface area contributed by atoms with Gasteiger partial charge in [-0.25, -0.2) is 9.59 Å². The van der Waals surface area contributed by atoms with Crippen molar-refractivity contribution in [2.45, 2.75) is 6.42 Å². The first-order valence-corrected chi connectivity index (χ1v) is 8.16. The molecule has 108 valence electrons. The van der Waals surface area contributed by atoms with Gasteiger partial charge in [0.15, 0.2) is 0 Å². The molecular formula is C13H15BrN2O3S. The molecule has 1 unspecified atom stereocenters. The molecule has 0 spiro atoms. The third-order valence-electron chi connectivity index (χ3n) is 3.04. The summed E-state index contributed by atoms with van der Waals surface area (Å²) in [5.74, 6) is 1.80. The highest BCUT2D eigenvalue weighted by Gasteiger charge is 2.16. The van der Waals surface area contributed by atoms with Crippen molar-refractivity contribution in [2.75, 3.05) is 23.4 Å². The molecular weight excluding hydrogens is 344 g/mol. The molecule has 2 rings (SSSR count). The fourth-order valence-electron chi connectivity index (χ4n) is 1.90. The molecule has 1 aliphatic heterocycles. The molecule has 0 radical (unpaired) electrons. The fraction of sp³-hybridized carbons (Fsp3) is 0.385. The van der Waals surface area contributed by atoms with E-state index in [0.29, 0.717) is 22.6 Å². The van der Waals surface area contributed by atoms with Gasteiger partial charge in [-0.05, 0) is 58.0 Å². The Labute approximate surface area is 129 Å². The molecule has 2 amide bonds. The van der Waals surface area contributed by atoms with E-state index in [4.69, 9.17) is 5.11 Å². The first-order valence-electron chi connectivity index (χ1n) is 6.21. The minimum atomic E-state index is -1.000. The number of urea groups is 1. The molecule has 20 heavy (non-hydrogen) atoms. The number of halogens is 1. The number of hydrogen-bond donors (Lipinski definition) is 3. The monoisotopic (exact) mass is 358 g/mol. The predicted octanol–water partition coefficient (Wildman–Crippen LogP) is 3.02. The van der Waals surface area contributed by atoms with Gasteiger partial charge in [0.2, 0.25) is 0 Å². The van der Waals surface area contributed by atoms with Crippen molar-refractivity contribution in [3.8, 4) is 0 Å². The molecule has 3 N–H and O–H groups in total. The molecule has 0 aliphatic carbocycles. The summed E-state index contributed by atoms with van der Waals surface area (Å²) in [7, 11) is 0. The zero-order chi connectivity index (χ0) is 14.5. The Kier molecular flexibility index (Phi) is 5.31. The molecule has 1 aromatic carbocycles. The number of benzene rings is 1. The summed E-state index contributed by atoms with van der Waals surface area (Å²) in [6, 6.07) is 4.21. The Hall–Kier alpha value is -1.21. The van der Waals surface area contributed by atoms with Crippen molar-refractivity contribution in [2.24, 2.45) is 5.92 Å². The minimum Gasteiger partial charge on any atom is -0.478 e. The number of carbonyl (C=O) groups excluding carboxylic acids is 1. The maximum absolute atomic E-state index is 11.8. The maximum Gasteiger partial charge on any atom is 0.335 e. The summed E-state index contributed by atoms with van der Waals surface area (Å²) in [5.41, 5.74) is 0.721. The third-order valence-corrected chi connectivity index (χ3v) is 4.93. The predicted molar refractivity (Wildman–Crippen MR) is 83.6 cm³/mol. The number of hydrogen-bond acceptors (Lipinski definition) is 3. The maximum atomic E-state index is 11.8. The van der Waals surface area contributed by atoms with Crippen LogP contribution < -0.4 is 10.6 Å². The summed E-state index contributed by atoms with van der Waals surface area (Å²) >= 11 is 5.16. The lowest BCUT2D eigenvalue weighted by molar-refractivity contribution is 0.0697. The van der Waals surface area contributed by atoms with Gasteiger partial charge in [0, 0.05) is 11.0 Å². The Balaban J connectivity index is 1.88. The molecule has 1 atom stereocenters. The van der Waals surface area contributed by atoms with Crippen molar-refractivity contribution >= 4 is 45.4 Å². The largest absolute Gasteiger partial charge is 0.478 e. The van der Waals surface area contributed by atoms with Crippen LogP contribution in [0.15, 0.2) is 22.7 Å². The highest BCUT2D eigenvalue weighted by atomic mass is 79.9. The average molecular weight is 359 g/mol. The highest BCUT2D eigenvalue weighted by molar-refractivity contribution is 9.10. The second-order valence-electron chi connectivity index (χ2n) is 4.56. The summed E-state index contributed by atoms with van der Waals surface area (Å²) in [4.78, 5) is 22.6. The second kappa shape index (κ2) is 6.99. The van der Waals surface area contributed by atoms with E-state index in [1.807, 2.05) is 11.8 Å². The van der Waals surface area contributed by atoms with Crippen LogP contribution in [0.5, 0.6) is 0 Å². The van der Waals surface area contributed by atoms with Crippen LogP contribution in [0.3, 0.4) is 0 Å². The topological polar surface area (TPSA) is 78.4 Å². The first kappa shape index (κ1) is 15.2. The smallest absolute Gasteiger partial charge is 0.335 e. The van der Waals surface area contributed by atoms with Crippen molar-refractivity contribution in [3.05, 3.63) is 28.2 Å². The Morgan fingerprint density at radius 2 is 2.25 bits per heavy atom. The van der Waals surface area contributed by atoms with Crippen LogP contribution in [0, 0.1) is 5.92 Å². The van der Waals surface area contributed by atoms with Gasteiger partial charge in [0.25, 0.3) is 0 Å². The van der Waals surface area contributed by atoms with Gasteiger partial charge in [0.05, 0.1) is 11.3 Å². The van der Waals surface area contributed by atoms with Gasteiger partial charge in [0.1, 0.15) is 0 Å². The standard InChI is InChI=1S/C13H15BrN2O3S/c14-10-5-9(12(17)18)1-2-11(10)16-13(19)15-6-8-3-4-20-7-8/h1-2,5,8H,3-4,6-7H2,(H,17,18)(H2,15,16,19). The third kappa shape index (κ3) is 4.14. The van der Waals surface area contributed by atoms with Gasteiger partial charge in [-0.15, -0.1) is 0 Å². The second-order valence-corrected chi connectivity index (χ2v) is 6.57. The van der Waals surface area contributed by atoms with Crippen LogP contribution in [0.2, 0.25) is 0 Å². The lowest BCUT2D eigenvalue weighted by Crippen LogP contribution is -2.33. The zero-order valence-electron chi connectivity index (χ0n) is 10.7. The Morgan fingerprint density at radius 1 is 1.45 bits per heavy atom. The number of carboxylic acid groups (broad SMARTS) is 1. The molecule has 0 saturated carbocycles. The number of carboxylic acids is 1. The molecule has 7 heteroatoms. The summed E-state index contributed by atoms with van der Waals surface area (Å²) < 4.78 is 0.545. The Bertz CT molecular complexity index is 518. The van der Waals surface area contributed by atoms with E-state index in [-0.39, 0.29) is 11.6 Å². The van der Waals surface area contributed by atoms with E-state index in [2.05, 4.69) is 26.6 Å². The van der Waals surface area contributed by atoms with Crippen LogP contribution in [-0.2, 0) is 0 Å². The molecule has 1 saturated heterocycles. The normalized spacial score (nSPS) is 17.8. The van der Waals surface area contributed by atoms with E-state index in [9.17, 15) is 9.59 Å². The van der Waals surface area contributed by atoms with Gasteiger partial charge in [-0.1, -0.05) is 0 Å². The quantitative estimate of drug-likeness (QED) is 0.772. The van der Waals surface area contributed by atoms with Gasteiger partial charge in [-0.3, -0.25) is 0 Å².